The number of nitrogens with zero attached hydrogens (tertiary/aromatic N) is 2. The summed E-state index contributed by atoms with van der Waals surface area (Å²) in [6, 6.07) is 5.71. The predicted octanol–water partition coefficient (Wildman–Crippen LogP) is 3.44. The topological polar surface area (TPSA) is 96.9 Å². The minimum atomic E-state index is -0.652. The van der Waals surface area contributed by atoms with E-state index in [-0.39, 0.29) is 18.2 Å². The number of hydrogen-bond donors (Lipinski definition) is 2. The third kappa shape index (κ3) is 6.00. The Kier molecular flexibility index (Phi) is 8.62. The number of methoxy groups -OCH3 is 2. The van der Waals surface area contributed by atoms with Crippen molar-refractivity contribution in [2.24, 2.45) is 0 Å². The van der Waals surface area contributed by atoms with E-state index in [1.807, 2.05) is 37.4 Å². The largest absolute Gasteiger partial charge is 0.493 e. The molecule has 0 bridgehead atoms. The highest BCUT2D eigenvalue weighted by Gasteiger charge is 2.19. The molecule has 9 heteroatoms. The van der Waals surface area contributed by atoms with Gasteiger partial charge in [0.15, 0.2) is 11.5 Å². The quantitative estimate of drug-likeness (QED) is 0.307. The van der Waals surface area contributed by atoms with Crippen LogP contribution in [0.3, 0.4) is 0 Å². The smallest absolute Gasteiger partial charge is 0.260 e. The maximum Gasteiger partial charge on any atom is 0.260 e. The fourth-order valence-electron chi connectivity index (χ4n) is 3.55. The lowest BCUT2D eigenvalue weighted by molar-refractivity contribution is 0.0172. The van der Waals surface area contributed by atoms with Crippen LogP contribution in [0.2, 0.25) is 0 Å². The number of thiophene rings is 1. The van der Waals surface area contributed by atoms with Gasteiger partial charge >= 0.3 is 0 Å². The Morgan fingerprint density at radius 3 is 2.70 bits per heavy atom. The van der Waals surface area contributed by atoms with E-state index < -0.39 is 6.10 Å². The molecule has 1 aromatic carbocycles. The molecule has 1 atom stereocenters. The van der Waals surface area contributed by atoms with Gasteiger partial charge in [-0.2, -0.15) is 0 Å². The fraction of sp³-hybridized carbons (Fsp3) is 0.417. The Morgan fingerprint density at radius 2 is 2.03 bits per heavy atom. The molecule has 2 N–H and O–H groups in total. The molecule has 0 saturated carbocycles. The van der Waals surface area contributed by atoms with Crippen LogP contribution in [-0.2, 0) is 11.3 Å². The number of nitrogens with one attached hydrogen (secondary N) is 1. The maximum absolute atomic E-state index is 13.0. The first-order valence-electron chi connectivity index (χ1n) is 10.7. The van der Waals surface area contributed by atoms with Gasteiger partial charge in [0.25, 0.3) is 5.56 Å². The molecule has 0 spiro atoms. The molecule has 0 saturated heterocycles. The van der Waals surface area contributed by atoms with Crippen molar-refractivity contribution in [1.82, 2.24) is 14.9 Å². The van der Waals surface area contributed by atoms with E-state index in [2.05, 4.69) is 16.5 Å². The third-order valence-corrected chi connectivity index (χ3v) is 6.13. The minimum absolute atomic E-state index is 0.144. The first-order chi connectivity index (χ1) is 15.9. The summed E-state index contributed by atoms with van der Waals surface area (Å²) in [4.78, 5) is 23.4. The normalized spacial score (nSPS) is 12.5. The van der Waals surface area contributed by atoms with Gasteiger partial charge in [-0.3, -0.25) is 9.69 Å². The molecule has 0 radical (unpaired) electrons. The number of hydrogen-bond acceptors (Lipinski definition) is 8. The number of aliphatic hydroxyl groups is 1. The predicted molar refractivity (Wildman–Crippen MR) is 131 cm³/mol. The number of aromatic amines is 1. The molecule has 33 heavy (non-hydrogen) atoms. The van der Waals surface area contributed by atoms with Crippen molar-refractivity contribution in [2.75, 3.05) is 34.0 Å². The molecule has 0 aliphatic heterocycles. The van der Waals surface area contributed by atoms with Crippen LogP contribution in [0.15, 0.2) is 41.0 Å². The lowest BCUT2D eigenvalue weighted by Crippen LogP contribution is -2.39. The average molecular weight is 474 g/mol. The Morgan fingerprint density at radius 1 is 1.27 bits per heavy atom. The van der Waals surface area contributed by atoms with Gasteiger partial charge in [-0.15, -0.1) is 17.9 Å². The zero-order valence-corrected chi connectivity index (χ0v) is 20.3. The van der Waals surface area contributed by atoms with Crippen molar-refractivity contribution < 1.29 is 19.3 Å². The van der Waals surface area contributed by atoms with Gasteiger partial charge in [0.05, 0.1) is 45.5 Å². The fourth-order valence-corrected chi connectivity index (χ4v) is 4.51. The Labute approximate surface area is 197 Å². The molecule has 2 aromatic heterocycles. The van der Waals surface area contributed by atoms with Crippen molar-refractivity contribution in [3.63, 3.8) is 0 Å². The summed E-state index contributed by atoms with van der Waals surface area (Å²) in [6.07, 6.45) is 0.995. The van der Waals surface area contributed by atoms with Gasteiger partial charge in [-0.25, -0.2) is 4.98 Å². The van der Waals surface area contributed by atoms with E-state index in [9.17, 15) is 9.90 Å². The van der Waals surface area contributed by atoms with Crippen LogP contribution >= 0.6 is 11.3 Å². The number of aromatic nitrogens is 2. The van der Waals surface area contributed by atoms with Gasteiger partial charge in [-0.1, -0.05) is 12.1 Å². The van der Waals surface area contributed by atoms with Gasteiger partial charge in [-0.05, 0) is 31.5 Å². The van der Waals surface area contributed by atoms with Crippen molar-refractivity contribution in [3.05, 3.63) is 52.4 Å². The second-order valence-electron chi connectivity index (χ2n) is 7.92. The molecule has 1 unspecified atom stereocenters. The summed E-state index contributed by atoms with van der Waals surface area (Å²) in [5.41, 5.74) is 1.46. The molecule has 3 rings (SSSR count). The molecule has 8 nitrogen and oxygen atoms in total. The molecule has 0 aliphatic rings. The van der Waals surface area contributed by atoms with Gasteiger partial charge in [0.2, 0.25) is 0 Å². The number of rotatable bonds is 12. The van der Waals surface area contributed by atoms with Crippen LogP contribution in [0.1, 0.15) is 19.7 Å². The number of ether oxygens (including phenoxy) is 3. The Hall–Kier alpha value is -2.72. The van der Waals surface area contributed by atoms with E-state index in [1.54, 1.807) is 20.3 Å². The molecule has 178 valence electrons. The van der Waals surface area contributed by atoms with Crippen LogP contribution in [-0.4, -0.2) is 66.1 Å². The molecular formula is C24H31N3O5S. The second-order valence-corrected chi connectivity index (χ2v) is 8.77. The first kappa shape index (κ1) is 24.9. The van der Waals surface area contributed by atoms with Gasteiger partial charge < -0.3 is 24.3 Å². The average Bonchev–Trinajstić information content (AvgIpc) is 3.22. The van der Waals surface area contributed by atoms with Crippen molar-refractivity contribution in [3.8, 4) is 22.6 Å². The van der Waals surface area contributed by atoms with E-state index in [1.165, 1.54) is 11.3 Å². The zero-order valence-electron chi connectivity index (χ0n) is 19.5. The molecule has 0 fully saturated rings. The summed E-state index contributed by atoms with van der Waals surface area (Å²) in [6.45, 7) is 9.10. The van der Waals surface area contributed by atoms with Gasteiger partial charge in [0.1, 0.15) is 10.7 Å². The SMILES string of the molecule is C=CCOCC(O)CN(Cc1nc2scc(-c3ccc(OC)c(OC)c3)c2c(=O)[nH]1)C(C)C. The van der Waals surface area contributed by atoms with Crippen molar-refractivity contribution in [2.45, 2.75) is 32.5 Å². The van der Waals surface area contributed by atoms with Crippen molar-refractivity contribution >= 4 is 21.6 Å². The number of aliphatic hydroxyl groups excluding tert-OH is 1. The lowest BCUT2D eigenvalue weighted by Gasteiger charge is -2.28. The summed E-state index contributed by atoms with van der Waals surface area (Å²) in [7, 11) is 3.17. The second kappa shape index (κ2) is 11.4. The number of benzene rings is 1. The monoisotopic (exact) mass is 473 g/mol. The molecule has 0 amide bonds. The molecule has 2 heterocycles. The summed E-state index contributed by atoms with van der Waals surface area (Å²) >= 11 is 1.42. The van der Waals surface area contributed by atoms with Gasteiger partial charge in [0, 0.05) is 23.5 Å². The molecule has 3 aromatic rings. The van der Waals surface area contributed by atoms with Crippen LogP contribution in [0.5, 0.6) is 11.5 Å². The summed E-state index contributed by atoms with van der Waals surface area (Å²) in [5.74, 6) is 1.78. The van der Waals surface area contributed by atoms with E-state index >= 15 is 0 Å². The van der Waals surface area contributed by atoms with Crippen LogP contribution in [0, 0.1) is 0 Å². The first-order valence-corrected chi connectivity index (χ1v) is 11.6. The standard InChI is InChI=1S/C24H31N3O5S/c1-6-9-32-13-17(28)11-27(15(2)3)12-21-25-23(29)22-18(14-33-24(22)26-21)16-7-8-19(30-4)20(10-16)31-5/h6-8,10,14-15,17,28H,1,9,11-13H2,2-5H3,(H,25,26,29). The van der Waals surface area contributed by atoms with E-state index in [0.29, 0.717) is 47.2 Å². The summed E-state index contributed by atoms with van der Waals surface area (Å²) < 4.78 is 16.1. The van der Waals surface area contributed by atoms with Crippen LogP contribution in [0.25, 0.3) is 21.3 Å². The zero-order chi connectivity index (χ0) is 24.0. The van der Waals surface area contributed by atoms with E-state index in [0.717, 1.165) is 11.1 Å². The highest BCUT2D eigenvalue weighted by molar-refractivity contribution is 7.17. The summed E-state index contributed by atoms with van der Waals surface area (Å²) in [5, 5.41) is 12.8. The third-order valence-electron chi connectivity index (χ3n) is 5.26. The molecular weight excluding hydrogens is 442 g/mol. The molecule has 0 aliphatic carbocycles. The maximum atomic E-state index is 13.0. The highest BCUT2D eigenvalue weighted by Crippen LogP contribution is 2.36. The Bertz CT molecular complexity index is 1140. The van der Waals surface area contributed by atoms with E-state index in [4.69, 9.17) is 19.2 Å². The highest BCUT2D eigenvalue weighted by atomic mass is 32.1. The van der Waals surface area contributed by atoms with Crippen LogP contribution < -0.4 is 15.0 Å². The number of fused-ring (bicyclic) bond motifs is 1. The number of H-pyrrole nitrogens is 1. The Balaban J connectivity index is 1.86. The van der Waals surface area contributed by atoms with Crippen LogP contribution in [0.4, 0.5) is 0 Å². The lowest BCUT2D eigenvalue weighted by atomic mass is 10.1. The minimum Gasteiger partial charge on any atom is -0.493 e. The van der Waals surface area contributed by atoms with Crippen molar-refractivity contribution in [1.29, 1.82) is 0 Å².